The molecule has 0 aliphatic carbocycles. The number of para-hydroxylation sites is 1. The molecule has 1 aromatic heterocycles. The number of benzene rings is 3. The normalized spacial score (nSPS) is 12.2. The molecule has 3 aromatic carbocycles. The third kappa shape index (κ3) is 2.86. The second kappa shape index (κ2) is 6.48. The minimum atomic E-state index is -0.409. The third-order valence-corrected chi connectivity index (χ3v) is 4.50. The van der Waals surface area contributed by atoms with E-state index >= 15 is 0 Å². The molecule has 4 heteroatoms. The Bertz CT molecular complexity index is 1170. The molecule has 1 N–H and O–H groups in total. The van der Waals surface area contributed by atoms with Crippen LogP contribution in [0.1, 0.15) is 29.1 Å². The third-order valence-electron chi connectivity index (χ3n) is 4.50. The van der Waals surface area contributed by atoms with E-state index in [1.807, 2.05) is 49.4 Å². The molecule has 0 saturated heterocycles. The summed E-state index contributed by atoms with van der Waals surface area (Å²) < 4.78 is 5.62. The molecule has 0 bridgehead atoms. The second-order valence-electron chi connectivity index (χ2n) is 6.23. The van der Waals surface area contributed by atoms with Crippen LogP contribution in [0.3, 0.4) is 0 Å². The highest BCUT2D eigenvalue weighted by atomic mass is 16.3. The van der Waals surface area contributed by atoms with Crippen molar-refractivity contribution in [1.82, 2.24) is 5.32 Å². The average Bonchev–Trinajstić information content (AvgIpc) is 2.67. The summed E-state index contributed by atoms with van der Waals surface area (Å²) in [6.45, 7) is 1.92. The number of hydrogen-bond donors (Lipinski definition) is 1. The molecule has 4 nitrogen and oxygen atoms in total. The van der Waals surface area contributed by atoms with E-state index in [0.717, 1.165) is 16.3 Å². The quantitative estimate of drug-likeness (QED) is 0.598. The lowest BCUT2D eigenvalue weighted by molar-refractivity contribution is 0.0912. The maximum absolute atomic E-state index is 12.6. The molecule has 0 fully saturated rings. The molecule has 4 rings (SSSR count). The van der Waals surface area contributed by atoms with E-state index in [-0.39, 0.29) is 17.2 Å². The predicted octanol–water partition coefficient (Wildman–Crippen LogP) is 4.44. The standard InChI is InChI=1S/C22H17NO3/c1-14(16-11-6-8-15-7-2-3-9-17(15)16)23-22(25)21-13-19(24)18-10-4-5-12-20(18)26-21/h2-14H,1H3,(H,23,25). The summed E-state index contributed by atoms with van der Waals surface area (Å²) in [6.07, 6.45) is 0. The molecule has 1 amide bonds. The fraction of sp³-hybridized carbons (Fsp3) is 0.0909. The van der Waals surface area contributed by atoms with Crippen molar-refractivity contribution in [2.45, 2.75) is 13.0 Å². The lowest BCUT2D eigenvalue weighted by atomic mass is 9.99. The zero-order chi connectivity index (χ0) is 18.1. The van der Waals surface area contributed by atoms with Crippen molar-refractivity contribution in [3.05, 3.63) is 94.3 Å². The number of carbonyl (C=O) groups excluding carboxylic acids is 1. The number of rotatable bonds is 3. The predicted molar refractivity (Wildman–Crippen MR) is 102 cm³/mol. The first-order valence-corrected chi connectivity index (χ1v) is 8.45. The first kappa shape index (κ1) is 16.1. The Kier molecular flexibility index (Phi) is 4.01. The molecule has 0 aliphatic rings. The van der Waals surface area contributed by atoms with Gasteiger partial charge in [0.1, 0.15) is 5.58 Å². The van der Waals surface area contributed by atoms with E-state index in [9.17, 15) is 9.59 Å². The Labute approximate surface area is 150 Å². The first-order valence-electron chi connectivity index (χ1n) is 8.45. The maximum Gasteiger partial charge on any atom is 0.287 e. The smallest absolute Gasteiger partial charge is 0.287 e. The summed E-state index contributed by atoms with van der Waals surface area (Å²) in [4.78, 5) is 24.8. The summed E-state index contributed by atoms with van der Waals surface area (Å²) in [5.41, 5.74) is 1.19. The van der Waals surface area contributed by atoms with Crippen LogP contribution in [-0.2, 0) is 0 Å². The van der Waals surface area contributed by atoms with Crippen molar-refractivity contribution in [3.63, 3.8) is 0 Å². The van der Waals surface area contributed by atoms with Gasteiger partial charge in [0.05, 0.1) is 11.4 Å². The first-order chi connectivity index (χ1) is 12.6. The van der Waals surface area contributed by atoms with Crippen LogP contribution in [0.2, 0.25) is 0 Å². The van der Waals surface area contributed by atoms with Gasteiger partial charge in [-0.25, -0.2) is 0 Å². The van der Waals surface area contributed by atoms with E-state index < -0.39 is 5.91 Å². The molecule has 1 atom stereocenters. The van der Waals surface area contributed by atoms with E-state index in [2.05, 4.69) is 5.32 Å². The number of fused-ring (bicyclic) bond motifs is 2. The highest BCUT2D eigenvalue weighted by Crippen LogP contribution is 2.24. The second-order valence-corrected chi connectivity index (χ2v) is 6.23. The molecule has 26 heavy (non-hydrogen) atoms. The Morgan fingerprint density at radius 3 is 2.46 bits per heavy atom. The van der Waals surface area contributed by atoms with E-state index in [4.69, 9.17) is 4.42 Å². The molecular weight excluding hydrogens is 326 g/mol. The van der Waals surface area contributed by atoms with Crippen LogP contribution in [0.4, 0.5) is 0 Å². The number of amides is 1. The van der Waals surface area contributed by atoms with Crippen LogP contribution < -0.4 is 10.7 Å². The molecule has 0 radical (unpaired) electrons. The zero-order valence-corrected chi connectivity index (χ0v) is 14.2. The van der Waals surface area contributed by atoms with Gasteiger partial charge in [0.2, 0.25) is 0 Å². The van der Waals surface area contributed by atoms with E-state index in [0.29, 0.717) is 11.0 Å². The Hall–Kier alpha value is -3.40. The van der Waals surface area contributed by atoms with Gasteiger partial charge < -0.3 is 9.73 Å². The molecule has 0 spiro atoms. The van der Waals surface area contributed by atoms with Crippen molar-refractivity contribution >= 4 is 27.6 Å². The zero-order valence-electron chi connectivity index (χ0n) is 14.2. The highest BCUT2D eigenvalue weighted by Gasteiger charge is 2.16. The fourth-order valence-corrected chi connectivity index (χ4v) is 3.19. The van der Waals surface area contributed by atoms with Crippen LogP contribution in [0.25, 0.3) is 21.7 Å². The van der Waals surface area contributed by atoms with Crippen LogP contribution in [0, 0.1) is 0 Å². The molecule has 0 saturated carbocycles. The van der Waals surface area contributed by atoms with Crippen LogP contribution in [0.5, 0.6) is 0 Å². The van der Waals surface area contributed by atoms with Crippen LogP contribution in [-0.4, -0.2) is 5.91 Å². The average molecular weight is 343 g/mol. The topological polar surface area (TPSA) is 59.3 Å². The minimum absolute atomic E-state index is 0.0146. The van der Waals surface area contributed by atoms with Gasteiger partial charge >= 0.3 is 0 Å². The largest absolute Gasteiger partial charge is 0.451 e. The van der Waals surface area contributed by atoms with Gasteiger partial charge in [0.15, 0.2) is 11.2 Å². The summed E-state index contributed by atoms with van der Waals surface area (Å²) >= 11 is 0. The monoisotopic (exact) mass is 343 g/mol. The molecular formula is C22H17NO3. The van der Waals surface area contributed by atoms with Crippen LogP contribution >= 0.6 is 0 Å². The van der Waals surface area contributed by atoms with Crippen molar-refractivity contribution in [3.8, 4) is 0 Å². The lowest BCUT2D eigenvalue weighted by Gasteiger charge is -2.16. The molecule has 0 aliphatic heterocycles. The van der Waals surface area contributed by atoms with Gasteiger partial charge in [-0.15, -0.1) is 0 Å². The highest BCUT2D eigenvalue weighted by molar-refractivity contribution is 5.94. The van der Waals surface area contributed by atoms with Gasteiger partial charge in [-0.1, -0.05) is 54.6 Å². The fourth-order valence-electron chi connectivity index (χ4n) is 3.19. The van der Waals surface area contributed by atoms with E-state index in [1.54, 1.807) is 24.3 Å². The van der Waals surface area contributed by atoms with Gasteiger partial charge in [-0.3, -0.25) is 9.59 Å². The summed E-state index contributed by atoms with van der Waals surface area (Å²) in [7, 11) is 0. The molecule has 1 unspecified atom stereocenters. The SMILES string of the molecule is CC(NC(=O)c1cc(=O)c2ccccc2o1)c1cccc2ccccc12. The Morgan fingerprint density at radius 2 is 1.62 bits per heavy atom. The minimum Gasteiger partial charge on any atom is -0.451 e. The maximum atomic E-state index is 12.6. The van der Waals surface area contributed by atoms with Crippen molar-refractivity contribution in [2.75, 3.05) is 0 Å². The summed E-state index contributed by atoms with van der Waals surface area (Å²) in [5, 5.41) is 5.59. The van der Waals surface area contributed by atoms with Crippen molar-refractivity contribution in [2.24, 2.45) is 0 Å². The van der Waals surface area contributed by atoms with Gasteiger partial charge in [0, 0.05) is 6.07 Å². The van der Waals surface area contributed by atoms with Crippen molar-refractivity contribution < 1.29 is 9.21 Å². The summed E-state index contributed by atoms with van der Waals surface area (Å²) in [5.74, 6) is -0.394. The van der Waals surface area contributed by atoms with Crippen molar-refractivity contribution in [1.29, 1.82) is 0 Å². The Morgan fingerprint density at radius 1 is 0.923 bits per heavy atom. The molecule has 128 valence electrons. The number of hydrogen-bond acceptors (Lipinski definition) is 3. The van der Waals surface area contributed by atoms with Gasteiger partial charge in [-0.05, 0) is 35.4 Å². The summed E-state index contributed by atoms with van der Waals surface area (Å²) in [6, 6.07) is 21.9. The van der Waals surface area contributed by atoms with Crippen LogP contribution in [0.15, 0.2) is 82.0 Å². The lowest BCUT2D eigenvalue weighted by Crippen LogP contribution is -2.27. The van der Waals surface area contributed by atoms with Gasteiger partial charge in [-0.2, -0.15) is 0 Å². The molecule has 4 aromatic rings. The van der Waals surface area contributed by atoms with Gasteiger partial charge in [0.25, 0.3) is 5.91 Å². The molecule has 1 heterocycles. The number of nitrogens with one attached hydrogen (secondary N) is 1. The number of carbonyl (C=O) groups is 1. The Balaban J connectivity index is 1.66. The van der Waals surface area contributed by atoms with E-state index in [1.165, 1.54) is 6.07 Å².